The van der Waals surface area contributed by atoms with Gasteiger partial charge in [0.15, 0.2) is 0 Å². The third-order valence-electron chi connectivity index (χ3n) is 3.14. The highest BCUT2D eigenvalue weighted by molar-refractivity contribution is 5.95. The predicted octanol–water partition coefficient (Wildman–Crippen LogP) is 1.19. The van der Waals surface area contributed by atoms with Gasteiger partial charge in [0.05, 0.1) is 12.5 Å². The van der Waals surface area contributed by atoms with E-state index < -0.39 is 0 Å². The molecule has 1 saturated heterocycles. The lowest BCUT2D eigenvalue weighted by molar-refractivity contribution is 0.0765. The van der Waals surface area contributed by atoms with E-state index in [0.717, 1.165) is 38.2 Å². The Morgan fingerprint density at radius 2 is 2.17 bits per heavy atom. The van der Waals surface area contributed by atoms with Gasteiger partial charge in [0.1, 0.15) is 0 Å². The summed E-state index contributed by atoms with van der Waals surface area (Å²) in [5.74, 6) is 0.0459. The Labute approximate surface area is 107 Å². The van der Waals surface area contributed by atoms with E-state index >= 15 is 0 Å². The lowest BCUT2D eigenvalue weighted by Crippen LogP contribution is -2.34. The number of carbonyl (C=O) groups is 1. The summed E-state index contributed by atoms with van der Waals surface area (Å²) in [6.45, 7) is 3.32. The van der Waals surface area contributed by atoms with Crippen molar-refractivity contribution in [1.29, 1.82) is 5.26 Å². The zero-order valence-corrected chi connectivity index (χ0v) is 10.4. The first kappa shape index (κ1) is 12.6. The lowest BCUT2D eigenvalue weighted by Gasteiger charge is -2.21. The van der Waals surface area contributed by atoms with Crippen molar-refractivity contribution in [2.24, 2.45) is 0 Å². The van der Waals surface area contributed by atoms with Gasteiger partial charge in [-0.3, -0.25) is 4.79 Å². The normalized spacial score (nSPS) is 15.8. The monoisotopic (exact) mass is 243 g/mol. The molecule has 1 aromatic carbocycles. The number of hydrogen-bond acceptors (Lipinski definition) is 3. The average Bonchev–Trinajstić information content (AvgIpc) is 2.68. The molecule has 0 unspecified atom stereocenters. The van der Waals surface area contributed by atoms with Gasteiger partial charge in [-0.05, 0) is 24.6 Å². The van der Waals surface area contributed by atoms with Crippen molar-refractivity contribution in [3.05, 3.63) is 35.4 Å². The van der Waals surface area contributed by atoms with Crippen LogP contribution in [0, 0.1) is 11.3 Å². The number of rotatable bonds is 2. The molecule has 1 N–H and O–H groups in total. The Kier molecular flexibility index (Phi) is 4.32. The van der Waals surface area contributed by atoms with E-state index in [1.165, 1.54) is 0 Å². The van der Waals surface area contributed by atoms with Crippen molar-refractivity contribution < 1.29 is 4.79 Å². The fourth-order valence-corrected chi connectivity index (χ4v) is 2.19. The Bertz CT molecular complexity index is 456. The summed E-state index contributed by atoms with van der Waals surface area (Å²) in [5.41, 5.74) is 1.49. The number of benzene rings is 1. The molecule has 1 amide bonds. The van der Waals surface area contributed by atoms with Gasteiger partial charge in [0.25, 0.3) is 5.91 Å². The first-order chi connectivity index (χ1) is 8.83. The molecule has 4 heteroatoms. The highest BCUT2D eigenvalue weighted by atomic mass is 16.2. The molecule has 1 aliphatic heterocycles. The number of hydrogen-bond donors (Lipinski definition) is 1. The van der Waals surface area contributed by atoms with Crippen LogP contribution in [0.2, 0.25) is 0 Å². The lowest BCUT2D eigenvalue weighted by atomic mass is 10.0. The topological polar surface area (TPSA) is 56.1 Å². The molecular formula is C14H17N3O. The highest BCUT2D eigenvalue weighted by Crippen LogP contribution is 2.13. The van der Waals surface area contributed by atoms with Crippen molar-refractivity contribution in [3.8, 4) is 6.07 Å². The molecule has 1 aliphatic rings. The Balaban J connectivity index is 2.19. The van der Waals surface area contributed by atoms with Crippen molar-refractivity contribution in [1.82, 2.24) is 10.2 Å². The number of nitrogens with zero attached hydrogens (tertiary/aromatic N) is 2. The second-order valence-corrected chi connectivity index (χ2v) is 4.39. The quantitative estimate of drug-likeness (QED) is 0.848. The second kappa shape index (κ2) is 6.18. The van der Waals surface area contributed by atoms with Crippen molar-refractivity contribution >= 4 is 5.91 Å². The minimum Gasteiger partial charge on any atom is -0.337 e. The number of nitriles is 1. The number of amides is 1. The van der Waals surface area contributed by atoms with Crippen molar-refractivity contribution in [2.45, 2.75) is 12.8 Å². The Morgan fingerprint density at radius 3 is 3.00 bits per heavy atom. The van der Waals surface area contributed by atoms with Crippen LogP contribution in [0.5, 0.6) is 0 Å². The molecule has 0 bridgehead atoms. The molecule has 0 radical (unpaired) electrons. The standard InChI is InChI=1S/C14H17N3O/c15-7-6-12-4-1-2-5-13(12)14(18)17-10-3-8-16-9-11-17/h1-2,4-5,16H,3,6,8-11H2. The zero-order valence-electron chi connectivity index (χ0n) is 10.4. The molecule has 2 rings (SSSR count). The second-order valence-electron chi connectivity index (χ2n) is 4.39. The smallest absolute Gasteiger partial charge is 0.254 e. The first-order valence-corrected chi connectivity index (χ1v) is 6.28. The average molecular weight is 243 g/mol. The minimum absolute atomic E-state index is 0.0459. The maximum absolute atomic E-state index is 12.4. The molecule has 0 atom stereocenters. The SMILES string of the molecule is N#CCc1ccccc1C(=O)N1CCCNCC1. The van der Waals surface area contributed by atoms with Crippen LogP contribution in [0.4, 0.5) is 0 Å². The molecule has 1 fully saturated rings. The van der Waals surface area contributed by atoms with Gasteiger partial charge in [-0.2, -0.15) is 5.26 Å². The number of carbonyl (C=O) groups excluding carboxylic acids is 1. The summed E-state index contributed by atoms with van der Waals surface area (Å²) in [5, 5.41) is 12.1. The fraction of sp³-hybridized carbons (Fsp3) is 0.429. The van der Waals surface area contributed by atoms with Gasteiger partial charge >= 0.3 is 0 Å². The van der Waals surface area contributed by atoms with Crippen molar-refractivity contribution in [3.63, 3.8) is 0 Å². The summed E-state index contributed by atoms with van der Waals surface area (Å²) < 4.78 is 0. The van der Waals surface area contributed by atoms with Crippen LogP contribution in [-0.2, 0) is 6.42 Å². The summed E-state index contributed by atoms with van der Waals surface area (Å²) in [4.78, 5) is 14.3. The first-order valence-electron chi connectivity index (χ1n) is 6.28. The van der Waals surface area contributed by atoms with E-state index in [2.05, 4.69) is 11.4 Å². The molecule has 18 heavy (non-hydrogen) atoms. The highest BCUT2D eigenvalue weighted by Gasteiger charge is 2.19. The van der Waals surface area contributed by atoms with E-state index in [4.69, 9.17) is 5.26 Å². The van der Waals surface area contributed by atoms with Gasteiger partial charge in [-0.15, -0.1) is 0 Å². The van der Waals surface area contributed by atoms with Crippen LogP contribution in [0.15, 0.2) is 24.3 Å². The summed E-state index contributed by atoms with van der Waals surface area (Å²) in [6, 6.07) is 9.50. The van der Waals surface area contributed by atoms with Gasteiger partial charge in [-0.25, -0.2) is 0 Å². The van der Waals surface area contributed by atoms with Gasteiger partial charge < -0.3 is 10.2 Å². The summed E-state index contributed by atoms with van der Waals surface area (Å²) in [7, 11) is 0. The van der Waals surface area contributed by atoms with Gasteiger partial charge in [0, 0.05) is 25.2 Å². The Hall–Kier alpha value is -1.86. The molecule has 0 saturated carbocycles. The zero-order chi connectivity index (χ0) is 12.8. The predicted molar refractivity (Wildman–Crippen MR) is 69.1 cm³/mol. The fourth-order valence-electron chi connectivity index (χ4n) is 2.19. The summed E-state index contributed by atoms with van der Waals surface area (Å²) in [6.07, 6.45) is 1.26. The molecule has 0 aromatic heterocycles. The molecular weight excluding hydrogens is 226 g/mol. The maximum atomic E-state index is 12.4. The molecule has 0 spiro atoms. The van der Waals surface area contributed by atoms with Crippen LogP contribution in [0.3, 0.4) is 0 Å². The summed E-state index contributed by atoms with van der Waals surface area (Å²) >= 11 is 0. The van der Waals surface area contributed by atoms with Crippen LogP contribution < -0.4 is 5.32 Å². The van der Waals surface area contributed by atoms with Gasteiger partial charge in [0.2, 0.25) is 0 Å². The minimum atomic E-state index is 0.0459. The third-order valence-corrected chi connectivity index (χ3v) is 3.14. The molecule has 4 nitrogen and oxygen atoms in total. The van der Waals surface area contributed by atoms with E-state index in [1.54, 1.807) is 0 Å². The van der Waals surface area contributed by atoms with Crippen LogP contribution >= 0.6 is 0 Å². The van der Waals surface area contributed by atoms with E-state index in [1.807, 2.05) is 29.2 Å². The molecule has 94 valence electrons. The maximum Gasteiger partial charge on any atom is 0.254 e. The number of nitrogens with one attached hydrogen (secondary N) is 1. The van der Waals surface area contributed by atoms with Gasteiger partial charge in [-0.1, -0.05) is 18.2 Å². The van der Waals surface area contributed by atoms with Crippen LogP contribution in [-0.4, -0.2) is 37.0 Å². The third kappa shape index (κ3) is 2.88. The van der Waals surface area contributed by atoms with Crippen LogP contribution in [0.1, 0.15) is 22.3 Å². The largest absolute Gasteiger partial charge is 0.337 e. The molecule has 1 heterocycles. The van der Waals surface area contributed by atoms with Crippen molar-refractivity contribution in [2.75, 3.05) is 26.2 Å². The van der Waals surface area contributed by atoms with E-state index in [9.17, 15) is 4.79 Å². The molecule has 1 aromatic rings. The molecule has 0 aliphatic carbocycles. The Morgan fingerprint density at radius 1 is 1.33 bits per heavy atom. The van der Waals surface area contributed by atoms with Crippen LogP contribution in [0.25, 0.3) is 0 Å². The van der Waals surface area contributed by atoms with E-state index in [-0.39, 0.29) is 12.3 Å². The van der Waals surface area contributed by atoms with E-state index in [0.29, 0.717) is 5.56 Å².